The lowest BCUT2D eigenvalue weighted by Crippen LogP contribution is -2.22. The monoisotopic (exact) mass is 316 g/mol. The second kappa shape index (κ2) is 6.33. The predicted octanol–water partition coefficient (Wildman–Crippen LogP) is 3.92. The van der Waals surface area contributed by atoms with Gasteiger partial charge in [-0.1, -0.05) is 40.9 Å². The maximum absolute atomic E-state index is 11.5. The van der Waals surface area contributed by atoms with Crippen LogP contribution in [-0.2, 0) is 6.54 Å². The van der Waals surface area contributed by atoms with E-state index in [1.165, 1.54) is 6.07 Å². The summed E-state index contributed by atoms with van der Waals surface area (Å²) in [5, 5.41) is 4.47. The summed E-state index contributed by atoms with van der Waals surface area (Å²) in [5.74, 6) is 0. The first-order valence-corrected chi connectivity index (χ1v) is 6.75. The van der Waals surface area contributed by atoms with Gasteiger partial charge in [0.05, 0.1) is 20.8 Å². The van der Waals surface area contributed by atoms with Crippen molar-refractivity contribution in [2.45, 2.75) is 6.54 Å². The summed E-state index contributed by atoms with van der Waals surface area (Å²) in [5.41, 5.74) is 0.657. The fraction of sp³-hybridized carbons (Fsp3) is 0.154. The summed E-state index contributed by atoms with van der Waals surface area (Å²) >= 11 is 17.8. The van der Waals surface area contributed by atoms with Crippen LogP contribution in [0.25, 0.3) is 0 Å². The van der Waals surface area contributed by atoms with E-state index in [-0.39, 0.29) is 5.56 Å². The molecule has 3 nitrogen and oxygen atoms in total. The van der Waals surface area contributed by atoms with E-state index in [4.69, 9.17) is 34.8 Å². The fourth-order valence-electron chi connectivity index (χ4n) is 1.61. The van der Waals surface area contributed by atoms with Crippen molar-refractivity contribution < 1.29 is 0 Å². The third-order valence-corrected chi connectivity index (χ3v) is 3.61. The number of rotatable bonds is 4. The number of nitrogens with zero attached hydrogens (tertiary/aromatic N) is 1. The van der Waals surface area contributed by atoms with Crippen LogP contribution in [0, 0.1) is 0 Å². The number of pyridine rings is 1. The summed E-state index contributed by atoms with van der Waals surface area (Å²) in [4.78, 5) is 11.5. The third-order valence-electron chi connectivity index (χ3n) is 2.58. The molecule has 0 amide bonds. The molecule has 1 heterocycles. The van der Waals surface area contributed by atoms with E-state index in [0.717, 1.165) is 0 Å². The average Bonchev–Trinajstić information content (AvgIpc) is 2.38. The van der Waals surface area contributed by atoms with Gasteiger partial charge in [-0.2, -0.15) is 0 Å². The number of hydrogen-bond acceptors (Lipinski definition) is 2. The molecule has 2 aromatic rings. The molecule has 0 unspecified atom stereocenters. The molecule has 0 saturated heterocycles. The molecule has 0 radical (unpaired) electrons. The Morgan fingerprint density at radius 2 is 1.79 bits per heavy atom. The molecule has 0 aliphatic rings. The lowest BCUT2D eigenvalue weighted by atomic mass is 10.3. The second-order valence-corrected chi connectivity index (χ2v) is 5.13. The van der Waals surface area contributed by atoms with Gasteiger partial charge in [0.25, 0.3) is 5.56 Å². The molecule has 0 atom stereocenters. The fourth-order valence-corrected chi connectivity index (χ4v) is 2.23. The highest BCUT2D eigenvalue weighted by Crippen LogP contribution is 2.31. The number of benzene rings is 1. The second-order valence-electron chi connectivity index (χ2n) is 3.91. The number of aromatic nitrogens is 1. The molecule has 2 rings (SSSR count). The van der Waals surface area contributed by atoms with E-state index >= 15 is 0 Å². The molecule has 0 saturated carbocycles. The Morgan fingerprint density at radius 3 is 2.53 bits per heavy atom. The van der Waals surface area contributed by atoms with Crippen molar-refractivity contribution in [1.29, 1.82) is 0 Å². The van der Waals surface area contributed by atoms with Gasteiger partial charge < -0.3 is 9.88 Å². The molecule has 1 N–H and O–H groups in total. The minimum atomic E-state index is -0.0375. The Hall–Kier alpha value is -1.16. The molecular weight excluding hydrogens is 307 g/mol. The zero-order valence-corrected chi connectivity index (χ0v) is 12.1. The zero-order valence-electron chi connectivity index (χ0n) is 9.87. The van der Waals surface area contributed by atoms with Crippen LogP contribution < -0.4 is 10.9 Å². The molecule has 19 heavy (non-hydrogen) atoms. The summed E-state index contributed by atoms with van der Waals surface area (Å²) in [6, 6.07) is 8.30. The third kappa shape index (κ3) is 3.66. The van der Waals surface area contributed by atoms with E-state index in [1.54, 1.807) is 29.0 Å². The number of hydrogen-bond donors (Lipinski definition) is 1. The summed E-state index contributed by atoms with van der Waals surface area (Å²) < 4.78 is 1.61. The van der Waals surface area contributed by atoms with E-state index in [1.807, 2.05) is 6.07 Å². The molecule has 0 bridgehead atoms. The molecule has 0 aliphatic carbocycles. The molecule has 0 spiro atoms. The summed E-state index contributed by atoms with van der Waals surface area (Å²) in [6.45, 7) is 1.10. The molecule has 0 fully saturated rings. The van der Waals surface area contributed by atoms with Gasteiger partial charge in [0, 0.05) is 25.4 Å². The molecule has 1 aromatic carbocycles. The minimum absolute atomic E-state index is 0.0375. The van der Waals surface area contributed by atoms with Crippen molar-refractivity contribution in [3.63, 3.8) is 0 Å². The van der Waals surface area contributed by atoms with Gasteiger partial charge in [-0.05, 0) is 18.2 Å². The van der Waals surface area contributed by atoms with Crippen LogP contribution in [0.1, 0.15) is 0 Å². The standard InChI is InChI=1S/C13H11Cl3N2O/c14-9-7-11(16)12(8-10(9)15)17-4-6-18-5-2-1-3-13(18)19/h1-3,5,7-8,17H,4,6H2. The van der Waals surface area contributed by atoms with E-state index < -0.39 is 0 Å². The topological polar surface area (TPSA) is 34.0 Å². The van der Waals surface area contributed by atoms with E-state index in [9.17, 15) is 4.79 Å². The minimum Gasteiger partial charge on any atom is -0.382 e. The number of nitrogens with one attached hydrogen (secondary N) is 1. The predicted molar refractivity (Wildman–Crippen MR) is 80.7 cm³/mol. The lowest BCUT2D eigenvalue weighted by Gasteiger charge is -2.10. The Bertz CT molecular complexity index is 640. The van der Waals surface area contributed by atoms with Crippen LogP contribution in [0.5, 0.6) is 0 Å². The Kier molecular flexibility index (Phi) is 4.75. The van der Waals surface area contributed by atoms with Crippen LogP contribution in [0.2, 0.25) is 15.1 Å². The first-order valence-electron chi connectivity index (χ1n) is 5.62. The van der Waals surface area contributed by atoms with Crippen LogP contribution >= 0.6 is 34.8 Å². The molecule has 0 aliphatic heterocycles. The van der Waals surface area contributed by atoms with Crippen molar-refractivity contribution in [2.75, 3.05) is 11.9 Å². The van der Waals surface area contributed by atoms with Gasteiger partial charge in [0.2, 0.25) is 0 Å². The number of halogens is 3. The lowest BCUT2D eigenvalue weighted by molar-refractivity contribution is 0.697. The van der Waals surface area contributed by atoms with Crippen molar-refractivity contribution in [2.24, 2.45) is 0 Å². The highest BCUT2D eigenvalue weighted by Gasteiger charge is 2.05. The maximum atomic E-state index is 11.5. The molecule has 6 heteroatoms. The molecular formula is C13H11Cl3N2O. The van der Waals surface area contributed by atoms with E-state index in [0.29, 0.717) is 33.8 Å². The maximum Gasteiger partial charge on any atom is 0.250 e. The largest absolute Gasteiger partial charge is 0.382 e. The Morgan fingerprint density at radius 1 is 1.05 bits per heavy atom. The summed E-state index contributed by atoms with van der Waals surface area (Å²) in [7, 11) is 0. The Labute approximate surface area is 125 Å². The zero-order chi connectivity index (χ0) is 13.8. The van der Waals surface area contributed by atoms with Crippen molar-refractivity contribution in [1.82, 2.24) is 4.57 Å². The highest BCUT2D eigenvalue weighted by molar-refractivity contribution is 6.44. The smallest absolute Gasteiger partial charge is 0.250 e. The average molecular weight is 318 g/mol. The van der Waals surface area contributed by atoms with Crippen molar-refractivity contribution in [3.8, 4) is 0 Å². The number of anilines is 1. The van der Waals surface area contributed by atoms with Crippen molar-refractivity contribution in [3.05, 3.63) is 62.0 Å². The SMILES string of the molecule is O=c1ccccn1CCNc1cc(Cl)c(Cl)cc1Cl. The van der Waals surface area contributed by atoms with Crippen LogP contribution in [0.4, 0.5) is 5.69 Å². The first-order chi connectivity index (χ1) is 9.08. The first kappa shape index (κ1) is 14.3. The normalized spacial score (nSPS) is 10.5. The van der Waals surface area contributed by atoms with Crippen LogP contribution in [-0.4, -0.2) is 11.1 Å². The quantitative estimate of drug-likeness (QED) is 0.867. The van der Waals surface area contributed by atoms with Gasteiger partial charge in [0.15, 0.2) is 0 Å². The van der Waals surface area contributed by atoms with Crippen LogP contribution in [0.3, 0.4) is 0 Å². The Balaban J connectivity index is 2.02. The van der Waals surface area contributed by atoms with Gasteiger partial charge in [-0.3, -0.25) is 4.79 Å². The van der Waals surface area contributed by atoms with Gasteiger partial charge in [0.1, 0.15) is 0 Å². The molecule has 100 valence electrons. The van der Waals surface area contributed by atoms with E-state index in [2.05, 4.69) is 5.32 Å². The van der Waals surface area contributed by atoms with Crippen LogP contribution in [0.15, 0.2) is 41.3 Å². The van der Waals surface area contributed by atoms with Gasteiger partial charge >= 0.3 is 0 Å². The summed E-state index contributed by atoms with van der Waals surface area (Å²) in [6.07, 6.45) is 1.74. The highest BCUT2D eigenvalue weighted by atomic mass is 35.5. The van der Waals surface area contributed by atoms with Crippen molar-refractivity contribution >= 4 is 40.5 Å². The molecule has 1 aromatic heterocycles. The van der Waals surface area contributed by atoms with Gasteiger partial charge in [-0.15, -0.1) is 0 Å². The van der Waals surface area contributed by atoms with Gasteiger partial charge in [-0.25, -0.2) is 0 Å².